The first-order chi connectivity index (χ1) is 14.1. The molecule has 0 aliphatic rings. The molecule has 9 heteroatoms. The minimum atomic E-state index is -0.665. The minimum Gasteiger partial charge on any atom is -0.465 e. The molecule has 9 nitrogen and oxygen atoms in total. The summed E-state index contributed by atoms with van der Waals surface area (Å²) in [4.78, 5) is 34.5. The van der Waals surface area contributed by atoms with Crippen LogP contribution in [-0.4, -0.2) is 37.5 Å². The molecule has 0 aliphatic heterocycles. The highest BCUT2D eigenvalue weighted by molar-refractivity contribution is 5.92. The number of carbonyl (C=O) groups is 3. The summed E-state index contributed by atoms with van der Waals surface area (Å²) in [5, 5.41) is 8.78. The minimum absolute atomic E-state index is 0.154. The van der Waals surface area contributed by atoms with Crippen molar-refractivity contribution in [2.45, 2.75) is 13.5 Å². The van der Waals surface area contributed by atoms with E-state index < -0.39 is 18.1 Å². The van der Waals surface area contributed by atoms with Crippen LogP contribution in [0, 0.1) is 0 Å². The van der Waals surface area contributed by atoms with Crippen LogP contribution in [0.15, 0.2) is 59.7 Å². The van der Waals surface area contributed by atoms with E-state index in [4.69, 9.17) is 9.47 Å². The van der Waals surface area contributed by atoms with E-state index >= 15 is 0 Å². The van der Waals surface area contributed by atoms with Crippen molar-refractivity contribution < 1.29 is 23.9 Å². The molecular formula is C20H22N4O5. The number of urea groups is 1. The zero-order chi connectivity index (χ0) is 20.9. The molecule has 0 aromatic heterocycles. The van der Waals surface area contributed by atoms with Crippen LogP contribution in [0.3, 0.4) is 0 Å². The number of benzene rings is 2. The first kappa shape index (κ1) is 21.4. The number of nitrogens with one attached hydrogen (secondary N) is 3. The van der Waals surface area contributed by atoms with Crippen molar-refractivity contribution in [1.82, 2.24) is 10.7 Å². The summed E-state index contributed by atoms with van der Waals surface area (Å²) < 4.78 is 9.75. The Hall–Kier alpha value is -3.88. The Bertz CT molecular complexity index is 838. The molecule has 152 valence electrons. The summed E-state index contributed by atoms with van der Waals surface area (Å²) in [6.45, 7) is 1.88. The van der Waals surface area contributed by atoms with Gasteiger partial charge in [0.2, 0.25) is 0 Å². The van der Waals surface area contributed by atoms with Crippen molar-refractivity contribution in [2.75, 3.05) is 18.5 Å². The Morgan fingerprint density at radius 3 is 2.41 bits per heavy atom. The lowest BCUT2D eigenvalue weighted by Crippen LogP contribution is -2.34. The van der Waals surface area contributed by atoms with E-state index in [0.29, 0.717) is 11.3 Å². The number of ether oxygens (including phenoxy) is 2. The van der Waals surface area contributed by atoms with Gasteiger partial charge in [-0.3, -0.25) is 4.79 Å². The van der Waals surface area contributed by atoms with Crippen molar-refractivity contribution in [3.63, 3.8) is 0 Å². The van der Waals surface area contributed by atoms with Crippen molar-refractivity contribution >= 4 is 30.0 Å². The zero-order valence-corrected chi connectivity index (χ0v) is 15.9. The first-order valence-corrected chi connectivity index (χ1v) is 8.87. The summed E-state index contributed by atoms with van der Waals surface area (Å²) in [5.74, 6) is -0.510. The van der Waals surface area contributed by atoms with Crippen LogP contribution in [0.1, 0.15) is 18.1 Å². The molecule has 0 aliphatic carbocycles. The molecule has 0 saturated carbocycles. The largest absolute Gasteiger partial charge is 0.465 e. The number of hydrazone groups is 1. The van der Waals surface area contributed by atoms with Crippen LogP contribution >= 0.6 is 0 Å². The molecule has 0 atom stereocenters. The highest BCUT2D eigenvalue weighted by atomic mass is 16.6. The molecule has 0 unspecified atom stereocenters. The van der Waals surface area contributed by atoms with Crippen LogP contribution in [0.4, 0.5) is 15.3 Å². The molecular weight excluding hydrogens is 376 g/mol. The average molecular weight is 398 g/mol. The van der Waals surface area contributed by atoms with E-state index in [2.05, 4.69) is 21.2 Å². The van der Waals surface area contributed by atoms with Gasteiger partial charge in [0.1, 0.15) is 13.2 Å². The molecule has 2 aromatic rings. The number of anilines is 1. The van der Waals surface area contributed by atoms with Gasteiger partial charge in [-0.1, -0.05) is 42.5 Å². The Labute approximate surface area is 168 Å². The van der Waals surface area contributed by atoms with Crippen molar-refractivity contribution in [3.8, 4) is 0 Å². The average Bonchev–Trinajstić information content (AvgIpc) is 2.73. The van der Waals surface area contributed by atoms with E-state index in [0.717, 1.165) is 5.56 Å². The third-order valence-electron chi connectivity index (χ3n) is 3.45. The number of nitrogens with zero attached hydrogens (tertiary/aromatic N) is 1. The van der Waals surface area contributed by atoms with E-state index in [1.807, 2.05) is 30.3 Å². The van der Waals surface area contributed by atoms with Crippen LogP contribution in [0.5, 0.6) is 0 Å². The van der Waals surface area contributed by atoms with Gasteiger partial charge in [-0.05, 0) is 30.2 Å². The van der Waals surface area contributed by atoms with E-state index in [1.165, 1.54) is 6.21 Å². The summed E-state index contributed by atoms with van der Waals surface area (Å²) in [6.07, 6.45) is 0.774. The predicted molar refractivity (Wildman–Crippen MR) is 107 cm³/mol. The number of amides is 3. The number of esters is 1. The van der Waals surface area contributed by atoms with Crippen LogP contribution < -0.4 is 16.1 Å². The molecule has 0 radical (unpaired) electrons. The Kier molecular flexibility index (Phi) is 8.68. The molecule has 0 bridgehead atoms. The normalized spacial score (nSPS) is 10.2. The quantitative estimate of drug-likeness (QED) is 0.359. The third kappa shape index (κ3) is 8.57. The Morgan fingerprint density at radius 1 is 1.00 bits per heavy atom. The van der Waals surface area contributed by atoms with E-state index in [9.17, 15) is 14.4 Å². The predicted octanol–water partition coefficient (Wildman–Crippen LogP) is 2.63. The van der Waals surface area contributed by atoms with Gasteiger partial charge in [0.25, 0.3) is 0 Å². The highest BCUT2D eigenvalue weighted by Gasteiger charge is 2.06. The van der Waals surface area contributed by atoms with Gasteiger partial charge in [0.05, 0.1) is 12.8 Å². The molecule has 3 amide bonds. The van der Waals surface area contributed by atoms with Crippen molar-refractivity contribution in [1.29, 1.82) is 0 Å². The van der Waals surface area contributed by atoms with Gasteiger partial charge in [-0.15, -0.1) is 0 Å². The van der Waals surface area contributed by atoms with Crippen LogP contribution in [0.25, 0.3) is 0 Å². The second-order valence-electron chi connectivity index (χ2n) is 5.67. The van der Waals surface area contributed by atoms with E-state index in [1.54, 1.807) is 31.2 Å². The molecule has 29 heavy (non-hydrogen) atoms. The lowest BCUT2D eigenvalue weighted by molar-refractivity contribution is -0.141. The second kappa shape index (κ2) is 11.8. The molecule has 3 N–H and O–H groups in total. The number of hydrogen-bond acceptors (Lipinski definition) is 6. The SMILES string of the molecule is CCOC(=O)CNC(=O)Nc1ccc(C=NNC(=O)OCc2ccccc2)cc1. The second-order valence-corrected chi connectivity index (χ2v) is 5.67. The van der Waals surface area contributed by atoms with Crippen LogP contribution in [0.2, 0.25) is 0 Å². The highest BCUT2D eigenvalue weighted by Crippen LogP contribution is 2.08. The lowest BCUT2D eigenvalue weighted by Gasteiger charge is -2.07. The van der Waals surface area contributed by atoms with Gasteiger partial charge in [-0.25, -0.2) is 15.0 Å². The van der Waals surface area contributed by atoms with Crippen molar-refractivity contribution in [2.24, 2.45) is 5.10 Å². The fraction of sp³-hybridized carbons (Fsp3) is 0.200. The maximum absolute atomic E-state index is 11.7. The third-order valence-corrected chi connectivity index (χ3v) is 3.45. The maximum atomic E-state index is 11.7. The first-order valence-electron chi connectivity index (χ1n) is 8.87. The number of hydrogen-bond donors (Lipinski definition) is 3. The summed E-state index contributed by atoms with van der Waals surface area (Å²) in [7, 11) is 0. The van der Waals surface area contributed by atoms with Gasteiger partial charge in [0.15, 0.2) is 0 Å². The Balaban J connectivity index is 1.71. The number of rotatable bonds is 8. The summed E-state index contributed by atoms with van der Waals surface area (Å²) in [5.41, 5.74) is 4.37. The number of carbonyl (C=O) groups excluding carboxylic acids is 3. The summed E-state index contributed by atoms with van der Waals surface area (Å²) >= 11 is 0. The maximum Gasteiger partial charge on any atom is 0.428 e. The fourth-order valence-electron chi connectivity index (χ4n) is 2.11. The molecule has 0 spiro atoms. The molecule has 2 aromatic carbocycles. The Morgan fingerprint density at radius 2 is 1.72 bits per heavy atom. The van der Waals surface area contributed by atoms with E-state index in [-0.39, 0.29) is 19.8 Å². The summed E-state index contributed by atoms with van der Waals surface area (Å²) in [6, 6.07) is 15.5. The lowest BCUT2D eigenvalue weighted by atomic mass is 10.2. The smallest absolute Gasteiger partial charge is 0.428 e. The standard InChI is InChI=1S/C20H22N4O5/c1-2-28-18(25)13-21-19(26)23-17-10-8-15(9-11-17)12-22-24-20(27)29-14-16-6-4-3-5-7-16/h3-12H,2,13-14H2,1H3,(H,24,27)(H2,21,23,26). The molecule has 2 rings (SSSR count). The monoisotopic (exact) mass is 398 g/mol. The molecule has 0 heterocycles. The van der Waals surface area contributed by atoms with Gasteiger partial charge in [-0.2, -0.15) is 5.10 Å². The molecule has 0 fully saturated rings. The van der Waals surface area contributed by atoms with Gasteiger partial charge < -0.3 is 20.1 Å². The fourth-order valence-corrected chi connectivity index (χ4v) is 2.11. The van der Waals surface area contributed by atoms with Gasteiger partial charge >= 0.3 is 18.1 Å². The van der Waals surface area contributed by atoms with Crippen LogP contribution in [-0.2, 0) is 20.9 Å². The molecule has 0 saturated heterocycles. The zero-order valence-electron chi connectivity index (χ0n) is 15.9. The van der Waals surface area contributed by atoms with Crippen molar-refractivity contribution in [3.05, 3.63) is 65.7 Å². The van der Waals surface area contributed by atoms with Gasteiger partial charge in [0, 0.05) is 5.69 Å². The topological polar surface area (TPSA) is 118 Å².